The molecule has 2 fully saturated rings. The molecule has 0 radical (unpaired) electrons. The number of nitrogens with zero attached hydrogens (tertiary/aromatic N) is 1. The quantitative estimate of drug-likeness (QED) is 0.518. The van der Waals surface area contributed by atoms with Crippen LogP contribution in [0.5, 0.6) is 0 Å². The maximum absolute atomic E-state index is 5.01. The van der Waals surface area contributed by atoms with Gasteiger partial charge in [-0.2, -0.15) is 0 Å². The summed E-state index contributed by atoms with van der Waals surface area (Å²) in [5.41, 5.74) is 0. The molecule has 2 aliphatic rings. The molecule has 0 aliphatic carbocycles. The summed E-state index contributed by atoms with van der Waals surface area (Å²) >= 11 is 0. The van der Waals surface area contributed by atoms with Crippen molar-refractivity contribution in [3.63, 3.8) is 0 Å². The van der Waals surface area contributed by atoms with Crippen LogP contribution in [0.4, 0.5) is 0 Å². The van der Waals surface area contributed by atoms with Crippen molar-refractivity contribution in [1.29, 1.82) is 0 Å². The van der Waals surface area contributed by atoms with Gasteiger partial charge in [-0.15, -0.1) is 16.0 Å². The van der Waals surface area contributed by atoms with E-state index in [4.69, 9.17) is 9.88 Å². The second-order valence-corrected chi connectivity index (χ2v) is 3.28. The van der Waals surface area contributed by atoms with Gasteiger partial charge < -0.3 is 5.32 Å². The van der Waals surface area contributed by atoms with Crippen LogP contribution in [-0.4, -0.2) is 36.8 Å². The average molecular weight is 212 g/mol. The highest BCUT2D eigenvalue weighted by molar-refractivity contribution is 5.09. The van der Waals surface area contributed by atoms with Gasteiger partial charge in [-0.1, -0.05) is 19.8 Å². The van der Waals surface area contributed by atoms with Crippen LogP contribution in [0.3, 0.4) is 0 Å². The number of hydrogen-bond donors (Lipinski definition) is 1. The Kier molecular flexibility index (Phi) is 5.66. The first kappa shape index (κ1) is 12.5. The molecule has 4 nitrogen and oxygen atoms in total. The zero-order valence-electron chi connectivity index (χ0n) is 9.75. The molecular formula is C11H20N2O2. The van der Waals surface area contributed by atoms with E-state index in [0.717, 1.165) is 19.5 Å². The molecule has 2 aliphatic heterocycles. The molecule has 86 valence electrons. The SMILES string of the molecule is CC.CC#CC1CC(N2CCOO2)CN1. The minimum absolute atomic E-state index is 0.319. The molecule has 0 amide bonds. The molecule has 0 aromatic carbocycles. The van der Waals surface area contributed by atoms with Crippen molar-refractivity contribution in [2.45, 2.75) is 39.3 Å². The first-order valence-electron chi connectivity index (χ1n) is 5.62. The fraction of sp³-hybridized carbons (Fsp3) is 0.818. The monoisotopic (exact) mass is 212 g/mol. The second-order valence-electron chi connectivity index (χ2n) is 3.28. The highest BCUT2D eigenvalue weighted by atomic mass is 17.3. The molecule has 0 aromatic rings. The summed E-state index contributed by atoms with van der Waals surface area (Å²) in [4.78, 5) is 9.84. The van der Waals surface area contributed by atoms with Crippen molar-refractivity contribution in [3.05, 3.63) is 0 Å². The lowest BCUT2D eigenvalue weighted by molar-refractivity contribution is -0.379. The van der Waals surface area contributed by atoms with E-state index in [9.17, 15) is 0 Å². The Hall–Kier alpha value is -0.600. The van der Waals surface area contributed by atoms with E-state index < -0.39 is 0 Å². The normalized spacial score (nSPS) is 30.3. The fourth-order valence-corrected chi connectivity index (χ4v) is 1.73. The van der Waals surface area contributed by atoms with Gasteiger partial charge in [-0.3, -0.25) is 0 Å². The fourth-order valence-electron chi connectivity index (χ4n) is 1.73. The summed E-state index contributed by atoms with van der Waals surface area (Å²) < 4.78 is 0. The Morgan fingerprint density at radius 3 is 2.80 bits per heavy atom. The molecule has 0 saturated carbocycles. The zero-order valence-corrected chi connectivity index (χ0v) is 9.75. The molecule has 2 saturated heterocycles. The minimum Gasteiger partial charge on any atom is -0.302 e. The average Bonchev–Trinajstić information content (AvgIpc) is 2.89. The van der Waals surface area contributed by atoms with Crippen molar-refractivity contribution in [1.82, 2.24) is 10.4 Å². The highest BCUT2D eigenvalue weighted by Crippen LogP contribution is 2.16. The molecule has 2 heterocycles. The van der Waals surface area contributed by atoms with Crippen molar-refractivity contribution in [2.24, 2.45) is 0 Å². The first-order valence-corrected chi connectivity index (χ1v) is 5.62. The Bertz CT molecular complexity index is 228. The van der Waals surface area contributed by atoms with Crippen LogP contribution in [0.2, 0.25) is 0 Å². The third kappa shape index (κ3) is 3.47. The molecule has 0 aromatic heterocycles. The van der Waals surface area contributed by atoms with Crippen LogP contribution in [-0.2, 0) is 9.88 Å². The van der Waals surface area contributed by atoms with Gasteiger partial charge in [0.25, 0.3) is 0 Å². The van der Waals surface area contributed by atoms with E-state index in [1.54, 1.807) is 0 Å². The van der Waals surface area contributed by atoms with E-state index in [1.807, 2.05) is 25.8 Å². The van der Waals surface area contributed by atoms with Crippen molar-refractivity contribution >= 4 is 0 Å². The topological polar surface area (TPSA) is 33.7 Å². The van der Waals surface area contributed by atoms with Crippen LogP contribution in [0.25, 0.3) is 0 Å². The van der Waals surface area contributed by atoms with E-state index in [1.165, 1.54) is 0 Å². The van der Waals surface area contributed by atoms with Gasteiger partial charge in [-0.05, 0) is 13.3 Å². The Labute approximate surface area is 91.8 Å². The largest absolute Gasteiger partial charge is 0.302 e. The molecule has 2 unspecified atom stereocenters. The molecule has 4 heteroatoms. The molecule has 2 atom stereocenters. The van der Waals surface area contributed by atoms with Crippen LogP contribution < -0.4 is 5.32 Å². The van der Waals surface area contributed by atoms with Gasteiger partial charge >= 0.3 is 0 Å². The van der Waals surface area contributed by atoms with Gasteiger partial charge in [0, 0.05) is 6.54 Å². The van der Waals surface area contributed by atoms with Gasteiger partial charge in [0.15, 0.2) is 0 Å². The lowest BCUT2D eigenvalue weighted by Crippen LogP contribution is -2.33. The summed E-state index contributed by atoms with van der Waals surface area (Å²) in [7, 11) is 0. The number of hydrogen-bond acceptors (Lipinski definition) is 4. The second kappa shape index (κ2) is 6.81. The van der Waals surface area contributed by atoms with Gasteiger partial charge in [0.05, 0.1) is 25.2 Å². The maximum atomic E-state index is 5.01. The minimum atomic E-state index is 0.319. The third-order valence-electron chi connectivity index (χ3n) is 2.38. The standard InChI is InChI=1S/C9H14N2O2.C2H6/c1-2-3-8-6-9(7-10-8)11-4-5-12-13-11;1-2/h8-10H,4-7H2,1H3;1-2H3. The van der Waals surface area contributed by atoms with Crippen molar-refractivity contribution in [3.8, 4) is 11.8 Å². The molecule has 0 spiro atoms. The molecule has 15 heavy (non-hydrogen) atoms. The molecule has 0 bridgehead atoms. The third-order valence-corrected chi connectivity index (χ3v) is 2.38. The summed E-state index contributed by atoms with van der Waals surface area (Å²) in [6.07, 6.45) is 1.02. The summed E-state index contributed by atoms with van der Waals surface area (Å²) in [6, 6.07) is 0.729. The number of nitrogens with one attached hydrogen (secondary N) is 1. The van der Waals surface area contributed by atoms with Gasteiger partial charge in [0.2, 0.25) is 0 Å². The number of rotatable bonds is 1. The Morgan fingerprint density at radius 1 is 1.40 bits per heavy atom. The van der Waals surface area contributed by atoms with E-state index >= 15 is 0 Å². The van der Waals surface area contributed by atoms with Crippen LogP contribution in [0.15, 0.2) is 0 Å². The van der Waals surface area contributed by atoms with Gasteiger partial charge in [0.1, 0.15) is 0 Å². The zero-order chi connectivity index (χ0) is 11.1. The predicted molar refractivity (Wildman–Crippen MR) is 58.7 cm³/mol. The predicted octanol–water partition coefficient (Wildman–Crippen LogP) is 0.945. The molecular weight excluding hydrogens is 192 g/mol. The number of hydroxylamine groups is 2. The summed E-state index contributed by atoms with van der Waals surface area (Å²) in [6.45, 7) is 8.33. The van der Waals surface area contributed by atoms with E-state index in [2.05, 4.69) is 17.2 Å². The summed E-state index contributed by atoms with van der Waals surface area (Å²) in [5, 5.41) is 5.23. The lowest BCUT2D eigenvalue weighted by atomic mass is 10.2. The Morgan fingerprint density at radius 2 is 2.20 bits per heavy atom. The maximum Gasteiger partial charge on any atom is 0.0993 e. The Balaban J connectivity index is 0.000000531. The van der Waals surface area contributed by atoms with Crippen LogP contribution in [0, 0.1) is 11.8 Å². The lowest BCUT2D eigenvalue weighted by Gasteiger charge is -2.17. The van der Waals surface area contributed by atoms with E-state index in [0.29, 0.717) is 18.7 Å². The highest BCUT2D eigenvalue weighted by Gasteiger charge is 2.31. The van der Waals surface area contributed by atoms with Crippen LogP contribution in [0.1, 0.15) is 27.2 Å². The molecule has 1 N–H and O–H groups in total. The van der Waals surface area contributed by atoms with E-state index in [-0.39, 0.29) is 0 Å². The smallest absolute Gasteiger partial charge is 0.0993 e. The van der Waals surface area contributed by atoms with Crippen molar-refractivity contribution < 1.29 is 9.88 Å². The van der Waals surface area contributed by atoms with Crippen molar-refractivity contribution in [2.75, 3.05) is 19.7 Å². The summed E-state index contributed by atoms with van der Waals surface area (Å²) in [5.74, 6) is 6.03. The first-order chi connectivity index (χ1) is 7.40. The van der Waals surface area contributed by atoms with Crippen LogP contribution >= 0.6 is 0 Å². The van der Waals surface area contributed by atoms with Gasteiger partial charge in [-0.25, -0.2) is 4.89 Å². The molecule has 2 rings (SSSR count).